The molecule has 7 nitrogen and oxygen atoms in total. The number of hydrogen-bond donors (Lipinski definition) is 0. The van der Waals surface area contributed by atoms with Crippen LogP contribution in [0.2, 0.25) is 0 Å². The summed E-state index contributed by atoms with van der Waals surface area (Å²) in [5.41, 5.74) is 1.67. The molecule has 2 saturated heterocycles. The summed E-state index contributed by atoms with van der Waals surface area (Å²) in [7, 11) is 1.59. The van der Waals surface area contributed by atoms with Crippen LogP contribution in [-0.4, -0.2) is 72.3 Å². The number of rotatable bonds is 5. The van der Waals surface area contributed by atoms with Crippen LogP contribution in [0.5, 0.6) is 5.75 Å². The Bertz CT molecular complexity index is 937. The molecule has 2 fully saturated rings. The summed E-state index contributed by atoms with van der Waals surface area (Å²) < 4.78 is 5.14. The molecular weight excluding hydrogens is 394 g/mol. The molecule has 0 radical (unpaired) electrons. The van der Waals surface area contributed by atoms with Crippen molar-refractivity contribution in [2.75, 3.05) is 39.8 Å². The van der Waals surface area contributed by atoms with Crippen LogP contribution in [0.4, 0.5) is 0 Å². The molecule has 4 rings (SSSR count). The van der Waals surface area contributed by atoms with E-state index < -0.39 is 0 Å². The second-order valence-electron chi connectivity index (χ2n) is 8.01. The molecule has 3 amide bonds. The van der Waals surface area contributed by atoms with Crippen LogP contribution in [0, 0.1) is 5.92 Å². The summed E-state index contributed by atoms with van der Waals surface area (Å²) in [6, 6.07) is 16.9. The van der Waals surface area contributed by atoms with E-state index in [0.29, 0.717) is 50.6 Å². The quantitative estimate of drug-likeness (QED) is 0.741. The molecule has 2 aromatic rings. The average molecular weight is 421 g/mol. The van der Waals surface area contributed by atoms with Crippen LogP contribution in [-0.2, 0) is 16.1 Å². The summed E-state index contributed by atoms with van der Waals surface area (Å²) in [6.45, 7) is 2.95. The zero-order chi connectivity index (χ0) is 21.8. The fourth-order valence-electron chi connectivity index (χ4n) is 4.20. The zero-order valence-electron chi connectivity index (χ0n) is 17.7. The van der Waals surface area contributed by atoms with Gasteiger partial charge in [-0.1, -0.05) is 30.3 Å². The smallest absolute Gasteiger partial charge is 0.253 e. The fourth-order valence-corrected chi connectivity index (χ4v) is 4.20. The number of piperazine rings is 1. The topological polar surface area (TPSA) is 70.2 Å². The van der Waals surface area contributed by atoms with Crippen LogP contribution < -0.4 is 4.74 Å². The van der Waals surface area contributed by atoms with Gasteiger partial charge in [-0.25, -0.2) is 0 Å². The zero-order valence-corrected chi connectivity index (χ0v) is 17.7. The summed E-state index contributed by atoms with van der Waals surface area (Å²) in [5.74, 6) is 0.398. The van der Waals surface area contributed by atoms with Crippen LogP contribution >= 0.6 is 0 Å². The molecule has 2 aliphatic rings. The first-order chi connectivity index (χ1) is 15.0. The largest absolute Gasteiger partial charge is 0.497 e. The Balaban J connectivity index is 1.30. The predicted molar refractivity (Wildman–Crippen MR) is 115 cm³/mol. The number of carbonyl (C=O) groups is 3. The molecule has 1 atom stereocenters. The first kappa shape index (κ1) is 20.9. The van der Waals surface area contributed by atoms with Gasteiger partial charge in [0.05, 0.1) is 13.0 Å². The van der Waals surface area contributed by atoms with Gasteiger partial charge in [-0.15, -0.1) is 0 Å². The molecule has 2 aliphatic heterocycles. The number of methoxy groups -OCH3 is 1. The summed E-state index contributed by atoms with van der Waals surface area (Å²) in [6.07, 6.45) is 0.261. The van der Waals surface area contributed by atoms with Gasteiger partial charge in [-0.2, -0.15) is 0 Å². The van der Waals surface area contributed by atoms with Crippen molar-refractivity contribution in [3.8, 4) is 5.75 Å². The highest BCUT2D eigenvalue weighted by molar-refractivity contribution is 5.94. The Morgan fingerprint density at radius 2 is 1.58 bits per heavy atom. The second kappa shape index (κ2) is 9.20. The van der Waals surface area contributed by atoms with Gasteiger partial charge < -0.3 is 19.4 Å². The van der Waals surface area contributed by atoms with Gasteiger partial charge in [-0.3, -0.25) is 14.4 Å². The molecule has 7 heteroatoms. The van der Waals surface area contributed by atoms with Crippen molar-refractivity contribution in [2.24, 2.45) is 5.92 Å². The van der Waals surface area contributed by atoms with Gasteiger partial charge in [0.15, 0.2) is 0 Å². The summed E-state index contributed by atoms with van der Waals surface area (Å²) >= 11 is 0. The molecule has 31 heavy (non-hydrogen) atoms. The minimum Gasteiger partial charge on any atom is -0.497 e. The number of benzene rings is 2. The molecule has 0 aliphatic carbocycles. The van der Waals surface area contributed by atoms with Gasteiger partial charge in [0, 0.05) is 51.3 Å². The van der Waals surface area contributed by atoms with E-state index in [1.54, 1.807) is 46.1 Å². The fraction of sp³-hybridized carbons (Fsp3) is 0.375. The maximum absolute atomic E-state index is 13.0. The lowest BCUT2D eigenvalue weighted by Crippen LogP contribution is -2.52. The third-order valence-corrected chi connectivity index (χ3v) is 6.00. The Morgan fingerprint density at radius 3 is 2.23 bits per heavy atom. The van der Waals surface area contributed by atoms with E-state index in [2.05, 4.69) is 0 Å². The molecule has 1 unspecified atom stereocenters. The second-order valence-corrected chi connectivity index (χ2v) is 8.01. The van der Waals surface area contributed by atoms with Crippen molar-refractivity contribution < 1.29 is 19.1 Å². The van der Waals surface area contributed by atoms with Crippen LogP contribution in [0.25, 0.3) is 0 Å². The molecule has 2 heterocycles. The number of nitrogens with zero attached hydrogens (tertiary/aromatic N) is 3. The highest BCUT2D eigenvalue weighted by atomic mass is 16.5. The maximum Gasteiger partial charge on any atom is 0.253 e. The molecule has 0 bridgehead atoms. The van der Waals surface area contributed by atoms with E-state index in [-0.39, 0.29) is 30.1 Å². The standard InChI is InChI=1S/C24H27N3O4/c1-31-21-9-7-19(8-10-21)23(29)25-11-13-26(14-12-25)24(30)20-15-22(28)27(17-20)16-18-5-3-2-4-6-18/h2-10,20H,11-17H2,1H3. The van der Waals surface area contributed by atoms with Gasteiger partial charge in [0.25, 0.3) is 5.91 Å². The molecule has 0 aromatic heterocycles. The highest BCUT2D eigenvalue weighted by Gasteiger charge is 2.37. The summed E-state index contributed by atoms with van der Waals surface area (Å²) in [4.78, 5) is 43.5. The van der Waals surface area contributed by atoms with Crippen LogP contribution in [0.3, 0.4) is 0 Å². The number of amides is 3. The van der Waals surface area contributed by atoms with E-state index in [1.807, 2.05) is 30.3 Å². The minimum atomic E-state index is -0.306. The number of carbonyl (C=O) groups excluding carboxylic acids is 3. The Hall–Kier alpha value is -3.35. The lowest BCUT2D eigenvalue weighted by atomic mass is 10.1. The Morgan fingerprint density at radius 1 is 0.935 bits per heavy atom. The maximum atomic E-state index is 13.0. The molecule has 0 saturated carbocycles. The normalized spacial score (nSPS) is 18.9. The van der Waals surface area contributed by atoms with Crippen molar-refractivity contribution >= 4 is 17.7 Å². The van der Waals surface area contributed by atoms with Gasteiger partial charge >= 0.3 is 0 Å². The first-order valence-corrected chi connectivity index (χ1v) is 10.6. The number of ether oxygens (including phenoxy) is 1. The first-order valence-electron chi connectivity index (χ1n) is 10.6. The monoisotopic (exact) mass is 421 g/mol. The van der Waals surface area contributed by atoms with Crippen LogP contribution in [0.15, 0.2) is 54.6 Å². The summed E-state index contributed by atoms with van der Waals surface area (Å²) in [5, 5.41) is 0. The van der Waals surface area contributed by atoms with Crippen molar-refractivity contribution in [1.29, 1.82) is 0 Å². The van der Waals surface area contributed by atoms with Crippen molar-refractivity contribution in [3.63, 3.8) is 0 Å². The van der Waals surface area contributed by atoms with E-state index in [4.69, 9.17) is 4.74 Å². The third-order valence-electron chi connectivity index (χ3n) is 6.00. The van der Waals surface area contributed by atoms with E-state index in [0.717, 1.165) is 5.56 Å². The Kier molecular flexibility index (Phi) is 6.21. The molecule has 0 spiro atoms. The number of likely N-dealkylation sites (tertiary alicyclic amines) is 1. The molecule has 162 valence electrons. The lowest BCUT2D eigenvalue weighted by Gasteiger charge is -2.36. The van der Waals surface area contributed by atoms with Crippen molar-refractivity contribution in [1.82, 2.24) is 14.7 Å². The van der Waals surface area contributed by atoms with Gasteiger partial charge in [-0.05, 0) is 29.8 Å². The minimum absolute atomic E-state index is 0.0143. The highest BCUT2D eigenvalue weighted by Crippen LogP contribution is 2.23. The van der Waals surface area contributed by atoms with E-state index in [9.17, 15) is 14.4 Å². The van der Waals surface area contributed by atoms with Gasteiger partial charge in [0.1, 0.15) is 5.75 Å². The van der Waals surface area contributed by atoms with Gasteiger partial charge in [0.2, 0.25) is 11.8 Å². The Labute approximate surface area is 182 Å². The van der Waals surface area contributed by atoms with Crippen molar-refractivity contribution in [2.45, 2.75) is 13.0 Å². The molecule has 0 N–H and O–H groups in total. The van der Waals surface area contributed by atoms with E-state index >= 15 is 0 Å². The van der Waals surface area contributed by atoms with E-state index in [1.165, 1.54) is 0 Å². The molecule has 2 aromatic carbocycles. The number of hydrogen-bond acceptors (Lipinski definition) is 4. The molecular formula is C24H27N3O4. The van der Waals surface area contributed by atoms with Crippen LogP contribution in [0.1, 0.15) is 22.3 Å². The van der Waals surface area contributed by atoms with Crippen molar-refractivity contribution in [3.05, 3.63) is 65.7 Å². The predicted octanol–water partition coefficient (Wildman–Crippen LogP) is 2.03. The third kappa shape index (κ3) is 4.71. The SMILES string of the molecule is COc1ccc(C(=O)N2CCN(C(=O)C3CC(=O)N(Cc4ccccc4)C3)CC2)cc1. The average Bonchev–Trinajstić information content (AvgIpc) is 3.19. The lowest BCUT2D eigenvalue weighted by molar-refractivity contribution is -0.137.